The average molecular weight is 210 g/mol. The van der Waals surface area contributed by atoms with Crippen molar-refractivity contribution in [1.82, 2.24) is 0 Å². The first-order chi connectivity index (χ1) is 6.29. The summed E-state index contributed by atoms with van der Waals surface area (Å²) in [5.74, 6) is 0. The number of anilines is 1. The fourth-order valence-electron chi connectivity index (χ4n) is 1.60. The molecule has 0 fully saturated rings. The second-order valence-electron chi connectivity index (χ2n) is 3.33. The topological polar surface area (TPSA) is 61.8 Å². The summed E-state index contributed by atoms with van der Waals surface area (Å²) in [6.45, 7) is 0.818. The Hall–Kier alpha value is -1.24. The van der Waals surface area contributed by atoms with Crippen molar-refractivity contribution in [3.05, 3.63) is 29.3 Å². The molecule has 74 valence electrons. The van der Waals surface area contributed by atoms with Crippen LogP contribution in [0.4, 0.5) is 5.69 Å². The van der Waals surface area contributed by atoms with E-state index >= 15 is 0 Å². The third-order valence-electron chi connectivity index (χ3n) is 2.27. The van der Waals surface area contributed by atoms with Crippen molar-refractivity contribution in [1.29, 1.82) is 5.26 Å². The molecular formula is C10H12ClN3. The number of rotatable bonds is 0. The summed E-state index contributed by atoms with van der Waals surface area (Å²) in [6.07, 6.45) is 0.859. The van der Waals surface area contributed by atoms with Gasteiger partial charge in [-0.25, -0.2) is 0 Å². The van der Waals surface area contributed by atoms with Gasteiger partial charge in [-0.15, -0.1) is 12.4 Å². The van der Waals surface area contributed by atoms with Crippen LogP contribution in [-0.2, 0) is 6.42 Å². The summed E-state index contributed by atoms with van der Waals surface area (Å²) in [6, 6.07) is 7.96. The molecule has 0 radical (unpaired) electrons. The van der Waals surface area contributed by atoms with Gasteiger partial charge in [0, 0.05) is 18.3 Å². The third kappa shape index (κ3) is 1.98. The molecule has 0 saturated heterocycles. The fourth-order valence-corrected chi connectivity index (χ4v) is 1.60. The van der Waals surface area contributed by atoms with E-state index in [1.807, 2.05) is 18.2 Å². The van der Waals surface area contributed by atoms with E-state index in [4.69, 9.17) is 11.0 Å². The highest BCUT2D eigenvalue weighted by Gasteiger charge is 2.14. The molecule has 0 aromatic heterocycles. The monoisotopic (exact) mass is 209 g/mol. The zero-order valence-corrected chi connectivity index (χ0v) is 8.47. The number of benzene rings is 1. The number of nitrogens with one attached hydrogen (secondary N) is 1. The van der Waals surface area contributed by atoms with E-state index in [1.165, 1.54) is 0 Å². The van der Waals surface area contributed by atoms with Gasteiger partial charge in [0.2, 0.25) is 0 Å². The van der Waals surface area contributed by atoms with Crippen LogP contribution in [-0.4, -0.2) is 12.6 Å². The molecule has 1 aliphatic heterocycles. The highest BCUT2D eigenvalue weighted by molar-refractivity contribution is 5.85. The van der Waals surface area contributed by atoms with Crippen LogP contribution in [0, 0.1) is 11.3 Å². The molecule has 1 aliphatic rings. The largest absolute Gasteiger partial charge is 0.383 e. The van der Waals surface area contributed by atoms with Crippen LogP contribution >= 0.6 is 12.4 Å². The molecule has 1 aromatic carbocycles. The van der Waals surface area contributed by atoms with Gasteiger partial charge in [0.05, 0.1) is 11.6 Å². The summed E-state index contributed by atoms with van der Waals surface area (Å²) < 4.78 is 0. The zero-order valence-electron chi connectivity index (χ0n) is 7.66. The van der Waals surface area contributed by atoms with Crippen molar-refractivity contribution in [2.45, 2.75) is 12.5 Å². The molecule has 14 heavy (non-hydrogen) atoms. The molecule has 3 N–H and O–H groups in total. The Kier molecular flexibility index (Phi) is 3.34. The van der Waals surface area contributed by atoms with Crippen LogP contribution in [0.3, 0.4) is 0 Å². The summed E-state index contributed by atoms with van der Waals surface area (Å²) >= 11 is 0. The molecule has 1 unspecified atom stereocenters. The van der Waals surface area contributed by atoms with Gasteiger partial charge < -0.3 is 11.1 Å². The lowest BCUT2D eigenvalue weighted by Gasteiger charge is -2.23. The second kappa shape index (κ2) is 4.32. The van der Waals surface area contributed by atoms with Crippen LogP contribution in [0.2, 0.25) is 0 Å². The van der Waals surface area contributed by atoms with E-state index < -0.39 is 0 Å². The highest BCUT2D eigenvalue weighted by Crippen LogP contribution is 2.22. The predicted molar refractivity (Wildman–Crippen MR) is 58.6 cm³/mol. The van der Waals surface area contributed by atoms with Crippen LogP contribution in [0.15, 0.2) is 18.2 Å². The van der Waals surface area contributed by atoms with E-state index in [0.717, 1.165) is 24.2 Å². The first-order valence-corrected chi connectivity index (χ1v) is 4.32. The Bertz CT molecular complexity index is 370. The molecule has 0 aliphatic carbocycles. The molecule has 1 aromatic rings. The van der Waals surface area contributed by atoms with Gasteiger partial charge in [0.25, 0.3) is 0 Å². The van der Waals surface area contributed by atoms with Gasteiger partial charge in [0.1, 0.15) is 0 Å². The second-order valence-corrected chi connectivity index (χ2v) is 3.33. The van der Waals surface area contributed by atoms with E-state index in [1.54, 1.807) is 0 Å². The number of fused-ring (bicyclic) bond motifs is 1. The van der Waals surface area contributed by atoms with Gasteiger partial charge in [-0.3, -0.25) is 0 Å². The van der Waals surface area contributed by atoms with Crippen LogP contribution in [0.1, 0.15) is 11.1 Å². The molecule has 0 spiro atoms. The van der Waals surface area contributed by atoms with E-state index in [0.29, 0.717) is 5.56 Å². The van der Waals surface area contributed by atoms with Crippen LogP contribution in [0.5, 0.6) is 0 Å². The maximum atomic E-state index is 8.70. The molecule has 1 heterocycles. The van der Waals surface area contributed by atoms with Gasteiger partial charge >= 0.3 is 0 Å². The number of hydrogen-bond donors (Lipinski definition) is 2. The first kappa shape index (κ1) is 10.8. The fraction of sp³-hybridized carbons (Fsp3) is 0.300. The maximum Gasteiger partial charge on any atom is 0.0991 e. The summed E-state index contributed by atoms with van der Waals surface area (Å²) in [5.41, 5.74) is 8.76. The van der Waals surface area contributed by atoms with Gasteiger partial charge in [-0.2, -0.15) is 5.26 Å². The van der Waals surface area contributed by atoms with Gasteiger partial charge in [0.15, 0.2) is 0 Å². The quantitative estimate of drug-likeness (QED) is 0.677. The minimum atomic E-state index is 0. The van der Waals surface area contributed by atoms with Gasteiger partial charge in [-0.05, 0) is 30.2 Å². The predicted octanol–water partition coefficient (Wildman–Crippen LogP) is 1.28. The molecule has 1 atom stereocenters. The number of nitriles is 1. The normalized spacial score (nSPS) is 18.4. The Morgan fingerprint density at radius 3 is 3.00 bits per heavy atom. The van der Waals surface area contributed by atoms with E-state index in [2.05, 4.69) is 11.4 Å². The van der Waals surface area contributed by atoms with Crippen molar-refractivity contribution in [2.24, 2.45) is 5.73 Å². The Morgan fingerprint density at radius 2 is 2.29 bits per heavy atom. The number of nitrogens with two attached hydrogens (primary N) is 1. The molecular weight excluding hydrogens is 198 g/mol. The maximum absolute atomic E-state index is 8.70. The Labute approximate surface area is 89.3 Å². The summed E-state index contributed by atoms with van der Waals surface area (Å²) in [5, 5.41) is 11.9. The van der Waals surface area contributed by atoms with Gasteiger partial charge in [-0.1, -0.05) is 0 Å². The summed E-state index contributed by atoms with van der Waals surface area (Å²) in [4.78, 5) is 0. The Balaban J connectivity index is 0.000000980. The average Bonchev–Trinajstić information content (AvgIpc) is 2.16. The van der Waals surface area contributed by atoms with E-state index in [-0.39, 0.29) is 18.4 Å². The van der Waals surface area contributed by atoms with Crippen molar-refractivity contribution in [3.8, 4) is 6.07 Å². The van der Waals surface area contributed by atoms with Crippen LogP contribution < -0.4 is 11.1 Å². The lowest BCUT2D eigenvalue weighted by atomic mass is 9.98. The number of nitrogens with zero attached hydrogens (tertiary/aromatic N) is 1. The molecule has 0 saturated carbocycles. The van der Waals surface area contributed by atoms with Crippen molar-refractivity contribution >= 4 is 18.1 Å². The SMILES string of the molecule is Cl.N#Cc1ccc2c(c1)CC(N)CN2. The molecule has 4 heteroatoms. The van der Waals surface area contributed by atoms with Crippen LogP contribution in [0.25, 0.3) is 0 Å². The highest BCUT2D eigenvalue weighted by atomic mass is 35.5. The lowest BCUT2D eigenvalue weighted by Crippen LogP contribution is -2.35. The standard InChI is InChI=1S/C10H11N3.ClH/c11-5-7-1-2-10-8(3-7)4-9(12)6-13-10;/h1-3,9,13H,4,6,12H2;1H. The zero-order chi connectivity index (χ0) is 9.26. The number of hydrogen-bond acceptors (Lipinski definition) is 3. The first-order valence-electron chi connectivity index (χ1n) is 4.32. The number of halogens is 1. The van der Waals surface area contributed by atoms with Crippen molar-refractivity contribution < 1.29 is 0 Å². The minimum absolute atomic E-state index is 0. The lowest BCUT2D eigenvalue weighted by molar-refractivity contribution is 0.679. The minimum Gasteiger partial charge on any atom is -0.383 e. The summed E-state index contributed by atoms with van der Waals surface area (Å²) in [7, 11) is 0. The van der Waals surface area contributed by atoms with E-state index in [9.17, 15) is 0 Å². The third-order valence-corrected chi connectivity index (χ3v) is 2.27. The smallest absolute Gasteiger partial charge is 0.0991 e. The molecule has 0 amide bonds. The molecule has 2 rings (SSSR count). The van der Waals surface area contributed by atoms with Crippen molar-refractivity contribution in [3.63, 3.8) is 0 Å². The Morgan fingerprint density at radius 1 is 1.50 bits per heavy atom. The molecule has 0 bridgehead atoms. The molecule has 3 nitrogen and oxygen atoms in total. The van der Waals surface area contributed by atoms with Crippen molar-refractivity contribution in [2.75, 3.05) is 11.9 Å².